The molecule has 0 radical (unpaired) electrons. The van der Waals surface area contributed by atoms with Crippen molar-refractivity contribution in [2.75, 3.05) is 12.0 Å². The molecule has 0 bridgehead atoms. The molecule has 7 heteroatoms. The number of hydrogen-bond donors (Lipinski definition) is 1. The highest BCUT2D eigenvalue weighted by molar-refractivity contribution is 7.98. The maximum absolute atomic E-state index is 11.6. The van der Waals surface area contributed by atoms with Gasteiger partial charge in [0.05, 0.1) is 6.20 Å². The van der Waals surface area contributed by atoms with E-state index in [0.29, 0.717) is 28.4 Å². The zero-order valence-electron chi connectivity index (χ0n) is 12.1. The van der Waals surface area contributed by atoms with Gasteiger partial charge in [-0.25, -0.2) is 9.97 Å². The van der Waals surface area contributed by atoms with Crippen LogP contribution < -0.4 is 16.0 Å². The van der Waals surface area contributed by atoms with E-state index < -0.39 is 0 Å². The first-order valence-electron chi connectivity index (χ1n) is 6.52. The molecule has 0 unspecified atom stereocenters. The predicted octanol–water partition coefficient (Wildman–Crippen LogP) is 2.42. The fourth-order valence-corrected chi connectivity index (χ4v) is 2.61. The second kappa shape index (κ2) is 5.69. The van der Waals surface area contributed by atoms with Crippen LogP contribution in [0, 0.1) is 0 Å². The van der Waals surface area contributed by atoms with Crippen LogP contribution in [0.5, 0.6) is 11.5 Å². The molecule has 3 rings (SSSR count). The molecule has 0 fully saturated rings. The molecule has 112 valence electrons. The summed E-state index contributed by atoms with van der Waals surface area (Å²) in [6, 6.07) is 7.18. The zero-order chi connectivity index (χ0) is 15.7. The molecule has 0 spiro atoms. The lowest BCUT2D eigenvalue weighted by atomic mass is 10.3. The van der Waals surface area contributed by atoms with E-state index in [2.05, 4.69) is 9.97 Å². The van der Waals surface area contributed by atoms with Crippen LogP contribution in [0.25, 0.3) is 11.2 Å². The smallest absolute Gasteiger partial charge is 0.270 e. The molecule has 0 atom stereocenters. The molecule has 22 heavy (non-hydrogen) atoms. The lowest BCUT2D eigenvalue weighted by molar-refractivity contribution is 0.485. The Morgan fingerprint density at radius 3 is 2.86 bits per heavy atom. The van der Waals surface area contributed by atoms with Crippen molar-refractivity contribution in [3.63, 3.8) is 0 Å². The average molecular weight is 314 g/mol. The molecule has 2 aromatic heterocycles. The molecule has 0 amide bonds. The Hall–Kier alpha value is -2.54. The Morgan fingerprint density at radius 1 is 1.27 bits per heavy atom. The summed E-state index contributed by atoms with van der Waals surface area (Å²) in [5.41, 5.74) is 7.39. The molecule has 2 N–H and O–H groups in total. The summed E-state index contributed by atoms with van der Waals surface area (Å²) in [5, 5.41) is 0. The van der Waals surface area contributed by atoms with E-state index in [0.717, 1.165) is 4.90 Å². The molecule has 0 saturated heterocycles. The van der Waals surface area contributed by atoms with Gasteiger partial charge < -0.3 is 10.5 Å². The van der Waals surface area contributed by atoms with Gasteiger partial charge in [0.25, 0.3) is 5.56 Å². The number of nitrogen functional groups attached to an aromatic ring is 1. The number of aromatic nitrogens is 3. The van der Waals surface area contributed by atoms with Crippen LogP contribution in [0.15, 0.2) is 46.3 Å². The van der Waals surface area contributed by atoms with Crippen LogP contribution >= 0.6 is 11.8 Å². The highest BCUT2D eigenvalue weighted by atomic mass is 32.2. The van der Waals surface area contributed by atoms with E-state index in [-0.39, 0.29) is 5.56 Å². The molecule has 2 heterocycles. The van der Waals surface area contributed by atoms with Crippen LogP contribution in [-0.2, 0) is 7.05 Å². The Labute approximate surface area is 131 Å². The van der Waals surface area contributed by atoms with Gasteiger partial charge in [-0.1, -0.05) is 0 Å². The van der Waals surface area contributed by atoms with Crippen LogP contribution in [0.2, 0.25) is 0 Å². The fraction of sp³-hybridized carbons (Fsp3) is 0.133. The Morgan fingerprint density at radius 2 is 2.09 bits per heavy atom. The monoisotopic (exact) mass is 314 g/mol. The molecular formula is C15H14N4O2S. The zero-order valence-corrected chi connectivity index (χ0v) is 12.9. The maximum Gasteiger partial charge on any atom is 0.270 e. The second-order valence-electron chi connectivity index (χ2n) is 4.64. The van der Waals surface area contributed by atoms with Gasteiger partial charge in [-0.3, -0.25) is 9.36 Å². The molecular weight excluding hydrogens is 300 g/mol. The number of fused-ring (bicyclic) bond motifs is 1. The van der Waals surface area contributed by atoms with Crippen LogP contribution in [-0.4, -0.2) is 20.8 Å². The first-order valence-corrected chi connectivity index (χ1v) is 7.74. The molecule has 0 aliphatic heterocycles. The van der Waals surface area contributed by atoms with Gasteiger partial charge in [-0.05, 0) is 24.5 Å². The Kier molecular flexibility index (Phi) is 3.72. The van der Waals surface area contributed by atoms with Crippen molar-refractivity contribution in [3.8, 4) is 11.5 Å². The highest BCUT2D eigenvalue weighted by Gasteiger charge is 2.10. The predicted molar refractivity (Wildman–Crippen MR) is 87.5 cm³/mol. The first-order chi connectivity index (χ1) is 10.6. The number of anilines is 1. The maximum atomic E-state index is 11.6. The van der Waals surface area contributed by atoms with Crippen LogP contribution in [0.4, 0.5) is 5.69 Å². The summed E-state index contributed by atoms with van der Waals surface area (Å²) in [5.74, 6) is 1.19. The standard InChI is InChI=1S/C15H14N4O2S/c1-19-13(20)8-18-14-11(5-6-17-15(14)19)21-9-3-4-10(16)12(7-9)22-2/h3-8H,16H2,1-2H3. The number of aryl methyl sites for hydroxylation is 1. The summed E-state index contributed by atoms with van der Waals surface area (Å²) in [6.45, 7) is 0. The first kappa shape index (κ1) is 14.4. The van der Waals surface area contributed by atoms with Gasteiger partial charge in [0.1, 0.15) is 11.3 Å². The van der Waals surface area contributed by atoms with Gasteiger partial charge >= 0.3 is 0 Å². The number of benzene rings is 1. The SMILES string of the molecule is CSc1cc(Oc2ccnc3c2ncc(=O)n3C)ccc1N. The quantitative estimate of drug-likeness (QED) is 0.590. The topological polar surface area (TPSA) is 83.0 Å². The normalized spacial score (nSPS) is 10.8. The van der Waals surface area contributed by atoms with Crippen molar-refractivity contribution in [2.45, 2.75) is 4.90 Å². The molecule has 0 saturated carbocycles. The number of thioether (sulfide) groups is 1. The number of nitrogens with zero attached hydrogens (tertiary/aromatic N) is 3. The minimum absolute atomic E-state index is 0.214. The average Bonchev–Trinajstić information content (AvgIpc) is 2.53. The summed E-state index contributed by atoms with van der Waals surface area (Å²) in [4.78, 5) is 20.9. The number of ether oxygens (including phenoxy) is 1. The van der Waals surface area contributed by atoms with E-state index in [9.17, 15) is 4.79 Å². The van der Waals surface area contributed by atoms with E-state index in [1.165, 1.54) is 10.8 Å². The van der Waals surface area contributed by atoms with E-state index in [1.54, 1.807) is 43.2 Å². The molecule has 6 nitrogen and oxygen atoms in total. The third-order valence-electron chi connectivity index (χ3n) is 3.25. The summed E-state index contributed by atoms with van der Waals surface area (Å²) >= 11 is 1.55. The Balaban J connectivity index is 2.08. The van der Waals surface area contributed by atoms with Crippen molar-refractivity contribution in [1.29, 1.82) is 0 Å². The van der Waals surface area contributed by atoms with E-state index >= 15 is 0 Å². The van der Waals surface area contributed by atoms with Gasteiger partial charge in [-0.2, -0.15) is 0 Å². The molecule has 0 aliphatic carbocycles. The van der Waals surface area contributed by atoms with Crippen molar-refractivity contribution < 1.29 is 4.74 Å². The van der Waals surface area contributed by atoms with Crippen molar-refractivity contribution in [2.24, 2.45) is 7.05 Å². The van der Waals surface area contributed by atoms with Crippen molar-refractivity contribution in [3.05, 3.63) is 47.0 Å². The van der Waals surface area contributed by atoms with E-state index in [4.69, 9.17) is 10.5 Å². The lowest BCUT2D eigenvalue weighted by Crippen LogP contribution is -2.17. The highest BCUT2D eigenvalue weighted by Crippen LogP contribution is 2.31. The third-order valence-corrected chi connectivity index (χ3v) is 4.05. The Bertz CT molecular complexity index is 908. The molecule has 1 aromatic carbocycles. The minimum atomic E-state index is -0.214. The van der Waals surface area contributed by atoms with Gasteiger partial charge in [-0.15, -0.1) is 11.8 Å². The van der Waals surface area contributed by atoms with E-state index in [1.807, 2.05) is 12.3 Å². The van der Waals surface area contributed by atoms with Crippen molar-refractivity contribution >= 4 is 28.6 Å². The van der Waals surface area contributed by atoms with Crippen LogP contribution in [0.3, 0.4) is 0 Å². The lowest BCUT2D eigenvalue weighted by Gasteiger charge is -2.11. The summed E-state index contributed by atoms with van der Waals surface area (Å²) < 4.78 is 7.33. The van der Waals surface area contributed by atoms with Gasteiger partial charge in [0.2, 0.25) is 0 Å². The van der Waals surface area contributed by atoms with Crippen LogP contribution in [0.1, 0.15) is 0 Å². The molecule has 3 aromatic rings. The number of rotatable bonds is 3. The number of hydrogen-bond acceptors (Lipinski definition) is 6. The van der Waals surface area contributed by atoms with Gasteiger partial charge in [0, 0.05) is 29.9 Å². The van der Waals surface area contributed by atoms with Gasteiger partial charge in [0.15, 0.2) is 11.4 Å². The molecule has 0 aliphatic rings. The second-order valence-corrected chi connectivity index (χ2v) is 5.49. The summed E-state index contributed by atoms with van der Waals surface area (Å²) in [7, 11) is 1.65. The summed E-state index contributed by atoms with van der Waals surface area (Å²) in [6.07, 6.45) is 4.80. The largest absolute Gasteiger partial charge is 0.455 e. The minimum Gasteiger partial charge on any atom is -0.455 e. The van der Waals surface area contributed by atoms with Crippen molar-refractivity contribution in [1.82, 2.24) is 14.5 Å². The fourth-order valence-electron chi connectivity index (χ4n) is 2.07. The number of nitrogens with two attached hydrogens (primary N) is 1. The third kappa shape index (κ3) is 2.50. The number of pyridine rings is 1.